The first-order valence-corrected chi connectivity index (χ1v) is 10.4. The maximum atomic E-state index is 13.6. The third kappa shape index (κ3) is 3.60. The second kappa shape index (κ2) is 8.76. The molecule has 160 valence electrons. The molecule has 1 heterocycles. The van der Waals surface area contributed by atoms with Crippen LogP contribution in [0.25, 0.3) is 0 Å². The molecule has 7 heteroatoms. The van der Waals surface area contributed by atoms with Gasteiger partial charge in [-0.15, -0.1) is 0 Å². The number of methoxy groups -OCH3 is 1. The van der Waals surface area contributed by atoms with Gasteiger partial charge in [-0.1, -0.05) is 49.7 Å². The number of amides is 1. The number of halogens is 1. The summed E-state index contributed by atoms with van der Waals surface area (Å²) in [5.74, 6) is -1.02. The summed E-state index contributed by atoms with van der Waals surface area (Å²) in [5, 5.41) is 11.9. The molecule has 1 atom stereocenters. The first kappa shape index (κ1) is 22.3. The zero-order valence-electron chi connectivity index (χ0n) is 17.7. The summed E-state index contributed by atoms with van der Waals surface area (Å²) in [4.78, 5) is 29.5. The first-order chi connectivity index (χ1) is 14.3. The minimum Gasteiger partial charge on any atom is -0.465 e. The molecule has 1 aliphatic heterocycles. The fourth-order valence-electron chi connectivity index (χ4n) is 4.04. The van der Waals surface area contributed by atoms with Crippen molar-refractivity contribution in [3.63, 3.8) is 0 Å². The van der Waals surface area contributed by atoms with E-state index in [-0.39, 0.29) is 10.6 Å². The minimum absolute atomic E-state index is 0.150. The number of aryl methyl sites for hydroxylation is 1. The topological polar surface area (TPSA) is 70.1 Å². The minimum atomic E-state index is -1.92. The van der Waals surface area contributed by atoms with Crippen molar-refractivity contribution in [3.05, 3.63) is 63.7 Å². The van der Waals surface area contributed by atoms with Gasteiger partial charge in [-0.3, -0.25) is 4.79 Å². The molecule has 0 bridgehead atoms. The van der Waals surface area contributed by atoms with Crippen LogP contribution in [-0.4, -0.2) is 55.2 Å². The Kier molecular flexibility index (Phi) is 6.50. The molecular weight excluding hydrogens is 404 g/mol. The van der Waals surface area contributed by atoms with Crippen molar-refractivity contribution in [2.24, 2.45) is 0 Å². The second-order valence-corrected chi connectivity index (χ2v) is 7.76. The Hall–Kier alpha value is -2.41. The van der Waals surface area contributed by atoms with Crippen LogP contribution in [0.2, 0.25) is 5.02 Å². The number of likely N-dealkylation sites (N-methyl/N-ethyl adjacent to an activating group) is 1. The molecule has 6 nitrogen and oxygen atoms in total. The molecule has 1 aliphatic rings. The maximum Gasteiger partial charge on any atom is 0.337 e. The van der Waals surface area contributed by atoms with E-state index in [1.807, 2.05) is 19.1 Å². The van der Waals surface area contributed by atoms with Crippen molar-refractivity contribution in [1.82, 2.24) is 4.90 Å². The zero-order chi connectivity index (χ0) is 22.1. The largest absolute Gasteiger partial charge is 0.465 e. The number of hydrogen-bond acceptors (Lipinski definition) is 5. The number of carbonyl (C=O) groups excluding carboxylic acids is 2. The lowest BCUT2D eigenvalue weighted by molar-refractivity contribution is -0.132. The lowest BCUT2D eigenvalue weighted by Crippen LogP contribution is -2.44. The summed E-state index contributed by atoms with van der Waals surface area (Å²) >= 11 is 6.55. The average Bonchev–Trinajstić information content (AvgIpc) is 2.96. The van der Waals surface area contributed by atoms with Crippen molar-refractivity contribution in [1.29, 1.82) is 0 Å². The second-order valence-electron chi connectivity index (χ2n) is 7.35. The summed E-state index contributed by atoms with van der Waals surface area (Å²) in [6.45, 7) is 8.63. The lowest BCUT2D eigenvalue weighted by atomic mass is 9.84. The Labute approximate surface area is 182 Å². The van der Waals surface area contributed by atoms with Crippen LogP contribution in [0.5, 0.6) is 0 Å². The van der Waals surface area contributed by atoms with Gasteiger partial charge in [0.1, 0.15) is 0 Å². The molecule has 1 N–H and O–H groups in total. The molecule has 3 rings (SSSR count). The molecule has 0 fully saturated rings. The standard InChI is InChI=1S/C23H27ClN2O4/c1-5-25(6-2)11-12-26-19-14-16(21(27)30-4)13-18(24)20(19)23(29,22(26)28)17-10-8-7-9-15(17)3/h7-10,13-14,29H,5-6,11-12H2,1-4H3. The highest BCUT2D eigenvalue weighted by atomic mass is 35.5. The molecule has 2 aromatic rings. The van der Waals surface area contributed by atoms with Gasteiger partial charge >= 0.3 is 5.97 Å². The molecular formula is C23H27ClN2O4. The average molecular weight is 431 g/mol. The van der Waals surface area contributed by atoms with Gasteiger partial charge in [0.15, 0.2) is 5.60 Å². The van der Waals surface area contributed by atoms with Gasteiger partial charge in [0, 0.05) is 24.2 Å². The summed E-state index contributed by atoms with van der Waals surface area (Å²) in [6, 6.07) is 10.2. The highest BCUT2D eigenvalue weighted by Gasteiger charge is 2.53. The fraction of sp³-hybridized carbons (Fsp3) is 0.391. The SMILES string of the molecule is CCN(CC)CCN1C(=O)C(O)(c2ccccc2C)c2c(Cl)cc(C(=O)OC)cc21. The first-order valence-electron chi connectivity index (χ1n) is 10.0. The number of benzene rings is 2. The molecule has 30 heavy (non-hydrogen) atoms. The Morgan fingerprint density at radius 3 is 2.50 bits per heavy atom. The van der Waals surface area contributed by atoms with E-state index >= 15 is 0 Å². The number of carbonyl (C=O) groups is 2. The molecule has 0 spiro atoms. The van der Waals surface area contributed by atoms with E-state index in [2.05, 4.69) is 18.7 Å². The molecule has 1 amide bonds. The van der Waals surface area contributed by atoms with Gasteiger partial charge in [0.25, 0.3) is 5.91 Å². The maximum absolute atomic E-state index is 13.6. The van der Waals surface area contributed by atoms with Crippen LogP contribution in [0, 0.1) is 6.92 Å². The van der Waals surface area contributed by atoms with Crippen LogP contribution in [0.1, 0.15) is 40.9 Å². The number of rotatable bonds is 7. The summed E-state index contributed by atoms with van der Waals surface area (Å²) < 4.78 is 4.83. The molecule has 0 saturated carbocycles. The number of fused-ring (bicyclic) bond motifs is 1. The van der Waals surface area contributed by atoms with Crippen LogP contribution in [-0.2, 0) is 15.1 Å². The Balaban J connectivity index is 2.19. The third-order valence-electron chi connectivity index (χ3n) is 5.77. The van der Waals surface area contributed by atoms with E-state index < -0.39 is 17.5 Å². The van der Waals surface area contributed by atoms with E-state index in [0.717, 1.165) is 18.7 Å². The van der Waals surface area contributed by atoms with Gasteiger partial charge in [-0.25, -0.2) is 4.79 Å². The predicted molar refractivity (Wildman–Crippen MR) is 117 cm³/mol. The number of anilines is 1. The third-order valence-corrected chi connectivity index (χ3v) is 6.06. The van der Waals surface area contributed by atoms with Crippen LogP contribution < -0.4 is 4.90 Å². The van der Waals surface area contributed by atoms with E-state index in [4.69, 9.17) is 16.3 Å². The molecule has 0 radical (unpaired) electrons. The highest BCUT2D eigenvalue weighted by Crippen LogP contribution is 2.49. The number of ether oxygens (including phenoxy) is 1. The van der Waals surface area contributed by atoms with Crippen LogP contribution in [0.3, 0.4) is 0 Å². The normalized spacial score (nSPS) is 18.1. The van der Waals surface area contributed by atoms with Gasteiger partial charge in [0.2, 0.25) is 0 Å². The number of hydrogen-bond donors (Lipinski definition) is 1. The van der Waals surface area contributed by atoms with E-state index in [9.17, 15) is 14.7 Å². The highest BCUT2D eigenvalue weighted by molar-refractivity contribution is 6.33. The van der Waals surface area contributed by atoms with E-state index in [0.29, 0.717) is 29.9 Å². The number of esters is 1. The molecule has 0 aromatic heterocycles. The summed E-state index contributed by atoms with van der Waals surface area (Å²) in [6.07, 6.45) is 0. The van der Waals surface area contributed by atoms with Crippen molar-refractivity contribution in [2.45, 2.75) is 26.4 Å². The van der Waals surface area contributed by atoms with Crippen molar-refractivity contribution in [2.75, 3.05) is 38.2 Å². The Morgan fingerprint density at radius 1 is 1.23 bits per heavy atom. The Bertz CT molecular complexity index is 974. The lowest BCUT2D eigenvalue weighted by Gasteiger charge is -2.27. The van der Waals surface area contributed by atoms with Crippen molar-refractivity contribution >= 4 is 29.2 Å². The van der Waals surface area contributed by atoms with Crippen LogP contribution >= 0.6 is 11.6 Å². The monoisotopic (exact) mass is 430 g/mol. The van der Waals surface area contributed by atoms with Crippen molar-refractivity contribution < 1.29 is 19.4 Å². The molecule has 0 aliphatic carbocycles. The molecule has 2 aromatic carbocycles. The van der Waals surface area contributed by atoms with Gasteiger partial charge < -0.3 is 19.6 Å². The zero-order valence-corrected chi connectivity index (χ0v) is 18.5. The molecule has 1 unspecified atom stereocenters. The number of nitrogens with zero attached hydrogens (tertiary/aromatic N) is 2. The Morgan fingerprint density at radius 2 is 1.90 bits per heavy atom. The van der Waals surface area contributed by atoms with Crippen molar-refractivity contribution in [3.8, 4) is 0 Å². The predicted octanol–water partition coefficient (Wildman–Crippen LogP) is 3.36. The van der Waals surface area contributed by atoms with Crippen LogP contribution in [0.4, 0.5) is 5.69 Å². The summed E-state index contributed by atoms with van der Waals surface area (Å²) in [7, 11) is 1.29. The fourth-order valence-corrected chi connectivity index (χ4v) is 4.39. The summed E-state index contributed by atoms with van der Waals surface area (Å²) in [5.41, 5.74) is 0.306. The van der Waals surface area contributed by atoms with Crippen LogP contribution in [0.15, 0.2) is 36.4 Å². The molecule has 0 saturated heterocycles. The van der Waals surface area contributed by atoms with E-state index in [1.165, 1.54) is 18.1 Å². The van der Waals surface area contributed by atoms with Gasteiger partial charge in [-0.2, -0.15) is 0 Å². The van der Waals surface area contributed by atoms with Gasteiger partial charge in [-0.05, 0) is 37.7 Å². The number of aliphatic hydroxyl groups is 1. The quantitative estimate of drug-likeness (QED) is 0.682. The van der Waals surface area contributed by atoms with Gasteiger partial charge in [0.05, 0.1) is 23.4 Å². The van der Waals surface area contributed by atoms with E-state index in [1.54, 1.807) is 18.2 Å². The smallest absolute Gasteiger partial charge is 0.337 e.